The molecule has 1 aromatic rings. The van der Waals surface area contributed by atoms with E-state index in [0.29, 0.717) is 11.3 Å². The first kappa shape index (κ1) is 10.6. The molecule has 0 aliphatic heterocycles. The molecule has 0 heterocycles. The van der Waals surface area contributed by atoms with Gasteiger partial charge < -0.3 is 10.5 Å². The van der Waals surface area contributed by atoms with Crippen LogP contribution in [0.1, 0.15) is 18.5 Å². The molecule has 1 rings (SSSR count). The average Bonchev–Trinajstić information content (AvgIpc) is 2.15. The molecule has 0 saturated carbocycles. The number of hydrogen-bond donors (Lipinski definition) is 1. The standard InChI is InChI=1S/C11H12FNO/c1-3-6-14-11-5-4-9(12)7-10(11)8(2)13/h1,4-5,7-8H,6,13H2,2H3. The number of nitrogens with two attached hydrogens (primary N) is 1. The van der Waals surface area contributed by atoms with Crippen LogP contribution in [0.15, 0.2) is 18.2 Å². The third-order valence-corrected chi connectivity index (χ3v) is 1.77. The van der Waals surface area contributed by atoms with Gasteiger partial charge in [-0.3, -0.25) is 0 Å². The summed E-state index contributed by atoms with van der Waals surface area (Å²) in [5.74, 6) is 2.55. The van der Waals surface area contributed by atoms with Crippen molar-refractivity contribution in [2.24, 2.45) is 5.73 Å². The summed E-state index contributed by atoms with van der Waals surface area (Å²) in [5, 5.41) is 0. The first-order chi connectivity index (χ1) is 6.65. The van der Waals surface area contributed by atoms with Gasteiger partial charge in [0.15, 0.2) is 0 Å². The van der Waals surface area contributed by atoms with Crippen molar-refractivity contribution in [3.05, 3.63) is 29.6 Å². The number of hydrogen-bond acceptors (Lipinski definition) is 2. The molecule has 0 fully saturated rings. The number of halogens is 1. The maximum atomic E-state index is 12.9. The summed E-state index contributed by atoms with van der Waals surface area (Å²) in [6.07, 6.45) is 5.05. The monoisotopic (exact) mass is 193 g/mol. The molecule has 1 unspecified atom stereocenters. The summed E-state index contributed by atoms with van der Waals surface area (Å²) in [7, 11) is 0. The molecule has 0 radical (unpaired) electrons. The first-order valence-electron chi connectivity index (χ1n) is 4.26. The van der Waals surface area contributed by atoms with Gasteiger partial charge in [-0.2, -0.15) is 0 Å². The van der Waals surface area contributed by atoms with Gasteiger partial charge in [-0.05, 0) is 25.1 Å². The van der Waals surface area contributed by atoms with Crippen LogP contribution in [-0.4, -0.2) is 6.61 Å². The van der Waals surface area contributed by atoms with E-state index in [2.05, 4.69) is 5.92 Å². The summed E-state index contributed by atoms with van der Waals surface area (Å²) >= 11 is 0. The Labute approximate surface area is 82.9 Å². The Kier molecular flexibility index (Phi) is 3.49. The number of terminal acetylenes is 1. The Hall–Kier alpha value is -1.53. The predicted octanol–water partition coefficient (Wildman–Crippen LogP) is 1.86. The number of benzene rings is 1. The lowest BCUT2D eigenvalue weighted by molar-refractivity contribution is 0.363. The molecule has 0 saturated heterocycles. The minimum atomic E-state index is -0.328. The van der Waals surface area contributed by atoms with Crippen LogP contribution in [0, 0.1) is 18.2 Å². The Bertz CT molecular complexity index is 355. The van der Waals surface area contributed by atoms with Gasteiger partial charge in [-0.25, -0.2) is 4.39 Å². The smallest absolute Gasteiger partial charge is 0.148 e. The van der Waals surface area contributed by atoms with Crippen molar-refractivity contribution in [1.82, 2.24) is 0 Å². The third kappa shape index (κ3) is 2.48. The van der Waals surface area contributed by atoms with Gasteiger partial charge in [0.2, 0.25) is 0 Å². The van der Waals surface area contributed by atoms with Crippen LogP contribution in [0.2, 0.25) is 0 Å². The van der Waals surface area contributed by atoms with Crippen molar-refractivity contribution in [2.45, 2.75) is 13.0 Å². The van der Waals surface area contributed by atoms with Crippen LogP contribution in [-0.2, 0) is 0 Å². The maximum Gasteiger partial charge on any atom is 0.148 e. The van der Waals surface area contributed by atoms with Gasteiger partial charge in [0.1, 0.15) is 18.2 Å². The maximum absolute atomic E-state index is 12.9. The summed E-state index contributed by atoms with van der Waals surface area (Å²) in [5.41, 5.74) is 6.28. The molecular formula is C11H12FNO. The van der Waals surface area contributed by atoms with Crippen LogP contribution < -0.4 is 10.5 Å². The SMILES string of the molecule is C#CCOc1ccc(F)cc1C(C)N. The van der Waals surface area contributed by atoms with Crippen molar-refractivity contribution in [1.29, 1.82) is 0 Å². The normalized spacial score (nSPS) is 11.9. The zero-order valence-electron chi connectivity index (χ0n) is 7.96. The van der Waals surface area contributed by atoms with E-state index in [1.54, 1.807) is 6.92 Å². The van der Waals surface area contributed by atoms with E-state index in [-0.39, 0.29) is 18.5 Å². The molecule has 0 amide bonds. The molecular weight excluding hydrogens is 181 g/mol. The molecule has 0 bridgehead atoms. The van der Waals surface area contributed by atoms with E-state index >= 15 is 0 Å². The van der Waals surface area contributed by atoms with Crippen molar-refractivity contribution in [3.63, 3.8) is 0 Å². The molecule has 0 spiro atoms. The van der Waals surface area contributed by atoms with E-state index in [4.69, 9.17) is 16.9 Å². The molecule has 2 N–H and O–H groups in total. The van der Waals surface area contributed by atoms with E-state index < -0.39 is 0 Å². The van der Waals surface area contributed by atoms with E-state index in [0.717, 1.165) is 0 Å². The number of ether oxygens (including phenoxy) is 1. The summed E-state index contributed by atoms with van der Waals surface area (Å²) in [6, 6.07) is 3.93. The Morgan fingerprint density at radius 2 is 2.36 bits per heavy atom. The van der Waals surface area contributed by atoms with Gasteiger partial charge in [-0.15, -0.1) is 6.42 Å². The van der Waals surface area contributed by atoms with Crippen LogP contribution in [0.4, 0.5) is 4.39 Å². The largest absolute Gasteiger partial charge is 0.481 e. The summed E-state index contributed by atoms with van der Waals surface area (Å²) in [6.45, 7) is 1.92. The lowest BCUT2D eigenvalue weighted by Gasteiger charge is -2.12. The fraction of sp³-hybridized carbons (Fsp3) is 0.273. The Balaban J connectivity index is 2.97. The van der Waals surface area contributed by atoms with E-state index in [1.807, 2.05) is 0 Å². The molecule has 1 atom stereocenters. The lowest BCUT2D eigenvalue weighted by atomic mass is 10.1. The second-order valence-electron chi connectivity index (χ2n) is 2.96. The fourth-order valence-electron chi connectivity index (χ4n) is 1.13. The van der Waals surface area contributed by atoms with Crippen molar-refractivity contribution in [3.8, 4) is 18.1 Å². The highest BCUT2D eigenvalue weighted by Gasteiger charge is 2.08. The van der Waals surface area contributed by atoms with Crippen LogP contribution in [0.3, 0.4) is 0 Å². The Morgan fingerprint density at radius 3 is 2.93 bits per heavy atom. The molecule has 74 valence electrons. The average molecular weight is 193 g/mol. The molecule has 0 aliphatic carbocycles. The van der Waals surface area contributed by atoms with Gasteiger partial charge in [0.25, 0.3) is 0 Å². The minimum absolute atomic E-state index is 0.158. The number of rotatable bonds is 3. The van der Waals surface area contributed by atoms with Crippen LogP contribution in [0.5, 0.6) is 5.75 Å². The fourth-order valence-corrected chi connectivity index (χ4v) is 1.13. The zero-order valence-corrected chi connectivity index (χ0v) is 7.96. The zero-order chi connectivity index (χ0) is 10.6. The highest BCUT2D eigenvalue weighted by molar-refractivity contribution is 5.36. The predicted molar refractivity (Wildman–Crippen MR) is 53.3 cm³/mol. The molecule has 0 aromatic heterocycles. The topological polar surface area (TPSA) is 35.2 Å². The van der Waals surface area contributed by atoms with Gasteiger partial charge in [-0.1, -0.05) is 5.92 Å². The van der Waals surface area contributed by atoms with Crippen molar-refractivity contribution >= 4 is 0 Å². The molecule has 14 heavy (non-hydrogen) atoms. The van der Waals surface area contributed by atoms with Crippen molar-refractivity contribution < 1.29 is 9.13 Å². The lowest BCUT2D eigenvalue weighted by Crippen LogP contribution is -2.08. The minimum Gasteiger partial charge on any atom is -0.481 e. The van der Waals surface area contributed by atoms with Gasteiger partial charge in [0.05, 0.1) is 0 Å². The highest BCUT2D eigenvalue weighted by atomic mass is 19.1. The van der Waals surface area contributed by atoms with Gasteiger partial charge in [0, 0.05) is 11.6 Å². The summed E-state index contributed by atoms with van der Waals surface area (Å²) < 4.78 is 18.1. The van der Waals surface area contributed by atoms with E-state index in [9.17, 15) is 4.39 Å². The Morgan fingerprint density at radius 1 is 1.64 bits per heavy atom. The van der Waals surface area contributed by atoms with Crippen LogP contribution >= 0.6 is 0 Å². The third-order valence-electron chi connectivity index (χ3n) is 1.77. The van der Waals surface area contributed by atoms with E-state index in [1.165, 1.54) is 18.2 Å². The molecule has 3 heteroatoms. The quantitative estimate of drug-likeness (QED) is 0.743. The van der Waals surface area contributed by atoms with Crippen molar-refractivity contribution in [2.75, 3.05) is 6.61 Å². The van der Waals surface area contributed by atoms with Gasteiger partial charge >= 0.3 is 0 Å². The highest BCUT2D eigenvalue weighted by Crippen LogP contribution is 2.24. The molecule has 2 nitrogen and oxygen atoms in total. The summed E-state index contributed by atoms with van der Waals surface area (Å²) in [4.78, 5) is 0. The first-order valence-corrected chi connectivity index (χ1v) is 4.26. The second-order valence-corrected chi connectivity index (χ2v) is 2.96. The second kappa shape index (κ2) is 4.64. The van der Waals surface area contributed by atoms with Crippen LogP contribution in [0.25, 0.3) is 0 Å². The molecule has 1 aromatic carbocycles. The molecule has 0 aliphatic rings.